The van der Waals surface area contributed by atoms with E-state index in [0.29, 0.717) is 12.1 Å². The monoisotopic (exact) mass is 330 g/mol. The lowest BCUT2D eigenvalue weighted by Crippen LogP contribution is -2.32. The van der Waals surface area contributed by atoms with Gasteiger partial charge in [-0.1, -0.05) is 36.8 Å². The fraction of sp³-hybridized carbons (Fsp3) is 0.333. The van der Waals surface area contributed by atoms with Gasteiger partial charge in [-0.25, -0.2) is 0 Å². The lowest BCUT2D eigenvalue weighted by molar-refractivity contribution is -0.121. The number of hydrogen-bond donors (Lipinski definition) is 2. The van der Waals surface area contributed by atoms with E-state index in [9.17, 15) is 9.59 Å². The molecule has 1 aromatic carbocycles. The third-order valence-corrected chi connectivity index (χ3v) is 4.33. The minimum atomic E-state index is -0.135. The maximum Gasteiger partial charge on any atom is 0.252 e. The molecule has 0 aliphatic heterocycles. The molecule has 0 aliphatic carbocycles. The normalized spacial score (nSPS) is 11.7. The van der Waals surface area contributed by atoms with E-state index in [1.165, 1.54) is 16.9 Å². The van der Waals surface area contributed by atoms with E-state index >= 15 is 0 Å². The van der Waals surface area contributed by atoms with Gasteiger partial charge in [0.05, 0.1) is 6.04 Å². The molecule has 0 fully saturated rings. The van der Waals surface area contributed by atoms with Crippen LogP contribution in [0.15, 0.2) is 41.1 Å². The summed E-state index contributed by atoms with van der Waals surface area (Å²) in [5.41, 5.74) is 2.95. The predicted molar refractivity (Wildman–Crippen MR) is 93.6 cm³/mol. The lowest BCUT2D eigenvalue weighted by Gasteiger charge is -2.18. The number of nitrogens with one attached hydrogen (secondary N) is 2. The molecule has 1 heterocycles. The molecule has 1 aromatic heterocycles. The molecule has 2 aromatic rings. The van der Waals surface area contributed by atoms with Crippen molar-refractivity contribution in [3.8, 4) is 0 Å². The zero-order valence-electron chi connectivity index (χ0n) is 13.5. The second-order valence-electron chi connectivity index (χ2n) is 5.46. The number of carbonyl (C=O) groups is 2. The van der Waals surface area contributed by atoms with E-state index in [1.807, 2.05) is 43.5 Å². The summed E-state index contributed by atoms with van der Waals surface area (Å²) >= 11 is 1.48. The van der Waals surface area contributed by atoms with Gasteiger partial charge in [-0.2, -0.15) is 11.3 Å². The van der Waals surface area contributed by atoms with E-state index in [1.54, 1.807) is 11.4 Å². The minimum absolute atomic E-state index is 0.00988. The molecule has 0 aliphatic rings. The van der Waals surface area contributed by atoms with Gasteiger partial charge in [-0.3, -0.25) is 9.59 Å². The molecule has 2 amide bonds. The van der Waals surface area contributed by atoms with E-state index in [-0.39, 0.29) is 24.3 Å². The Bertz CT molecular complexity index is 636. The van der Waals surface area contributed by atoms with Gasteiger partial charge in [-0.05, 0) is 30.4 Å². The first-order chi connectivity index (χ1) is 11.1. The standard InChI is InChI=1S/C18H22N2O2S/c1-3-16(14-6-4-13(2)5-7-14)20-17(21)8-10-19-18(22)15-9-11-23-12-15/h4-7,9,11-12,16H,3,8,10H2,1-2H3,(H,19,22)(H,20,21). The first-order valence-electron chi connectivity index (χ1n) is 7.76. The summed E-state index contributed by atoms with van der Waals surface area (Å²) in [6.45, 7) is 4.42. The number of amides is 2. The summed E-state index contributed by atoms with van der Waals surface area (Å²) in [6, 6.07) is 9.96. The van der Waals surface area contributed by atoms with Crippen molar-refractivity contribution in [3.63, 3.8) is 0 Å². The molecule has 122 valence electrons. The Labute approximate surface area is 140 Å². The van der Waals surface area contributed by atoms with Crippen LogP contribution in [0.5, 0.6) is 0 Å². The molecule has 0 saturated heterocycles. The first kappa shape index (κ1) is 17.2. The van der Waals surface area contributed by atoms with E-state index in [4.69, 9.17) is 0 Å². The van der Waals surface area contributed by atoms with Gasteiger partial charge in [-0.15, -0.1) is 0 Å². The second kappa shape index (κ2) is 8.48. The highest BCUT2D eigenvalue weighted by Gasteiger charge is 2.13. The molecule has 5 heteroatoms. The van der Waals surface area contributed by atoms with Crippen LogP contribution in [0.3, 0.4) is 0 Å². The maximum atomic E-state index is 12.1. The first-order valence-corrected chi connectivity index (χ1v) is 8.70. The molecule has 0 bridgehead atoms. The number of benzene rings is 1. The molecule has 1 atom stereocenters. The van der Waals surface area contributed by atoms with Crippen LogP contribution in [0.2, 0.25) is 0 Å². The fourth-order valence-corrected chi connectivity index (χ4v) is 2.91. The molecule has 0 saturated carbocycles. The smallest absolute Gasteiger partial charge is 0.252 e. The van der Waals surface area contributed by atoms with Crippen LogP contribution >= 0.6 is 11.3 Å². The summed E-state index contributed by atoms with van der Waals surface area (Å²) < 4.78 is 0. The summed E-state index contributed by atoms with van der Waals surface area (Å²) in [5, 5.41) is 9.43. The third-order valence-electron chi connectivity index (χ3n) is 3.64. The molecule has 1 unspecified atom stereocenters. The number of rotatable bonds is 7. The predicted octanol–water partition coefficient (Wildman–Crippen LogP) is 3.44. The number of thiophene rings is 1. The van der Waals surface area contributed by atoms with Crippen molar-refractivity contribution in [1.82, 2.24) is 10.6 Å². The Balaban J connectivity index is 1.79. The fourth-order valence-electron chi connectivity index (χ4n) is 2.27. The van der Waals surface area contributed by atoms with Crippen molar-refractivity contribution < 1.29 is 9.59 Å². The van der Waals surface area contributed by atoms with Crippen molar-refractivity contribution in [3.05, 3.63) is 57.8 Å². The quantitative estimate of drug-likeness (QED) is 0.817. The van der Waals surface area contributed by atoms with Crippen LogP contribution in [0.1, 0.15) is 47.3 Å². The zero-order chi connectivity index (χ0) is 16.7. The number of aryl methyl sites for hydroxylation is 1. The van der Waals surface area contributed by atoms with Gasteiger partial charge in [0.25, 0.3) is 5.91 Å². The summed E-state index contributed by atoms with van der Waals surface area (Å²) in [5.74, 6) is -0.187. The molecule has 0 radical (unpaired) electrons. The van der Waals surface area contributed by atoms with Crippen molar-refractivity contribution in [2.24, 2.45) is 0 Å². The number of hydrogen-bond acceptors (Lipinski definition) is 3. The molecule has 2 rings (SSSR count). The molecular formula is C18H22N2O2S. The van der Waals surface area contributed by atoms with Crippen LogP contribution in [-0.4, -0.2) is 18.4 Å². The Morgan fingerprint density at radius 1 is 1.17 bits per heavy atom. The Kier molecular flexibility index (Phi) is 6.35. The summed E-state index contributed by atoms with van der Waals surface area (Å²) in [6.07, 6.45) is 1.11. The summed E-state index contributed by atoms with van der Waals surface area (Å²) in [4.78, 5) is 23.8. The SMILES string of the molecule is CCC(NC(=O)CCNC(=O)c1ccsc1)c1ccc(C)cc1. The van der Waals surface area contributed by atoms with Crippen LogP contribution in [0.4, 0.5) is 0 Å². The highest BCUT2D eigenvalue weighted by molar-refractivity contribution is 7.08. The van der Waals surface area contributed by atoms with Crippen LogP contribution in [0, 0.1) is 6.92 Å². The van der Waals surface area contributed by atoms with Gasteiger partial charge >= 0.3 is 0 Å². The van der Waals surface area contributed by atoms with Gasteiger partial charge in [0.15, 0.2) is 0 Å². The third kappa shape index (κ3) is 5.21. The lowest BCUT2D eigenvalue weighted by atomic mass is 10.0. The van der Waals surface area contributed by atoms with Gasteiger partial charge < -0.3 is 10.6 Å². The van der Waals surface area contributed by atoms with Crippen molar-refractivity contribution in [2.75, 3.05) is 6.54 Å². The summed E-state index contributed by atoms with van der Waals surface area (Å²) in [7, 11) is 0. The van der Waals surface area contributed by atoms with Gasteiger partial charge in [0.2, 0.25) is 5.91 Å². The minimum Gasteiger partial charge on any atom is -0.351 e. The van der Waals surface area contributed by atoms with Crippen LogP contribution in [-0.2, 0) is 4.79 Å². The Hall–Kier alpha value is -2.14. The van der Waals surface area contributed by atoms with Crippen molar-refractivity contribution >= 4 is 23.2 Å². The average Bonchev–Trinajstić information content (AvgIpc) is 3.08. The van der Waals surface area contributed by atoms with E-state index < -0.39 is 0 Å². The maximum absolute atomic E-state index is 12.1. The largest absolute Gasteiger partial charge is 0.351 e. The van der Waals surface area contributed by atoms with Crippen molar-refractivity contribution in [2.45, 2.75) is 32.7 Å². The van der Waals surface area contributed by atoms with E-state index in [2.05, 4.69) is 10.6 Å². The van der Waals surface area contributed by atoms with Crippen molar-refractivity contribution in [1.29, 1.82) is 0 Å². The van der Waals surface area contributed by atoms with Crippen LogP contribution in [0.25, 0.3) is 0 Å². The molecule has 2 N–H and O–H groups in total. The molecule has 4 nitrogen and oxygen atoms in total. The van der Waals surface area contributed by atoms with E-state index in [0.717, 1.165) is 12.0 Å². The second-order valence-corrected chi connectivity index (χ2v) is 6.24. The number of carbonyl (C=O) groups excluding carboxylic acids is 2. The van der Waals surface area contributed by atoms with Gasteiger partial charge in [0, 0.05) is 23.9 Å². The zero-order valence-corrected chi connectivity index (χ0v) is 14.3. The van der Waals surface area contributed by atoms with Gasteiger partial charge in [0.1, 0.15) is 0 Å². The molecule has 23 heavy (non-hydrogen) atoms. The molecule has 0 spiro atoms. The highest BCUT2D eigenvalue weighted by atomic mass is 32.1. The average molecular weight is 330 g/mol. The Morgan fingerprint density at radius 2 is 1.91 bits per heavy atom. The molecular weight excluding hydrogens is 308 g/mol. The van der Waals surface area contributed by atoms with Crippen LogP contribution < -0.4 is 10.6 Å². The highest BCUT2D eigenvalue weighted by Crippen LogP contribution is 2.17. The Morgan fingerprint density at radius 3 is 2.52 bits per heavy atom. The topological polar surface area (TPSA) is 58.2 Å².